The molecule has 0 bridgehead atoms. The Hall–Kier alpha value is -2.77. The van der Waals surface area contributed by atoms with Crippen LogP contribution in [0.4, 0.5) is 0 Å². The molecule has 0 aliphatic carbocycles. The number of nitrogens with one attached hydrogen (secondary N) is 1. The van der Waals surface area contributed by atoms with Crippen LogP contribution in [-0.2, 0) is 11.3 Å². The van der Waals surface area contributed by atoms with Gasteiger partial charge >= 0.3 is 0 Å². The molecule has 1 atom stereocenters. The number of hydrogen-bond acceptors (Lipinski definition) is 5. The van der Waals surface area contributed by atoms with Crippen LogP contribution in [0.15, 0.2) is 24.5 Å². The molecular weight excluding hydrogens is 332 g/mol. The number of amides is 2. The first-order valence-corrected chi connectivity index (χ1v) is 8.89. The second-order valence-electron chi connectivity index (χ2n) is 6.79. The fraction of sp³-hybridized carbons (Fsp3) is 0.500. The fourth-order valence-electron chi connectivity index (χ4n) is 3.37. The Bertz CT molecular complexity index is 754. The van der Waals surface area contributed by atoms with Crippen LogP contribution in [0.2, 0.25) is 0 Å². The number of tetrazole rings is 1. The molecule has 8 nitrogen and oxygen atoms in total. The molecule has 1 unspecified atom stereocenters. The van der Waals surface area contributed by atoms with Crippen LogP contribution in [0.3, 0.4) is 0 Å². The summed E-state index contributed by atoms with van der Waals surface area (Å²) in [4.78, 5) is 28.5. The predicted molar refractivity (Wildman–Crippen MR) is 95.4 cm³/mol. The topological polar surface area (TPSA) is 93.0 Å². The summed E-state index contributed by atoms with van der Waals surface area (Å²) in [5.74, 6) is -0.202. The number of carbonyl (C=O) groups excluding carboxylic acids is 2. The van der Waals surface area contributed by atoms with E-state index >= 15 is 0 Å². The summed E-state index contributed by atoms with van der Waals surface area (Å²) in [6.45, 7) is 6.04. The second kappa shape index (κ2) is 8.07. The summed E-state index contributed by atoms with van der Waals surface area (Å²) in [7, 11) is 0. The van der Waals surface area contributed by atoms with E-state index in [2.05, 4.69) is 20.7 Å². The zero-order valence-corrected chi connectivity index (χ0v) is 15.2. The third-order valence-electron chi connectivity index (χ3n) is 4.55. The van der Waals surface area contributed by atoms with E-state index in [1.54, 1.807) is 4.90 Å². The highest BCUT2D eigenvalue weighted by Gasteiger charge is 2.28. The predicted octanol–water partition coefficient (Wildman–Crippen LogP) is 0.959. The van der Waals surface area contributed by atoms with Gasteiger partial charge in [0.1, 0.15) is 0 Å². The molecule has 2 heterocycles. The molecule has 1 saturated heterocycles. The molecule has 1 N–H and O–H groups in total. The zero-order valence-electron chi connectivity index (χ0n) is 15.2. The average Bonchev–Trinajstić information content (AvgIpc) is 3.13. The number of hydrogen-bond donors (Lipinski definition) is 1. The molecule has 1 aliphatic rings. The van der Waals surface area contributed by atoms with Crippen molar-refractivity contribution in [3.05, 3.63) is 41.2 Å². The Morgan fingerprint density at radius 1 is 1.23 bits per heavy atom. The molecule has 1 aliphatic heterocycles. The van der Waals surface area contributed by atoms with E-state index in [0.29, 0.717) is 31.7 Å². The summed E-state index contributed by atoms with van der Waals surface area (Å²) >= 11 is 0. The number of carbonyl (C=O) groups is 2. The van der Waals surface area contributed by atoms with Crippen molar-refractivity contribution in [2.45, 2.75) is 33.2 Å². The molecule has 1 aromatic heterocycles. The van der Waals surface area contributed by atoms with Crippen LogP contribution in [0.5, 0.6) is 0 Å². The normalized spacial score (nSPS) is 17.2. The lowest BCUT2D eigenvalue weighted by Gasteiger charge is -2.32. The minimum Gasteiger partial charge on any atom is -0.354 e. The van der Waals surface area contributed by atoms with E-state index < -0.39 is 0 Å². The molecule has 138 valence electrons. The van der Waals surface area contributed by atoms with E-state index in [1.165, 1.54) is 11.1 Å². The maximum absolute atomic E-state index is 12.8. The Morgan fingerprint density at radius 2 is 2.00 bits per heavy atom. The Labute approximate surface area is 152 Å². The van der Waals surface area contributed by atoms with Crippen LogP contribution >= 0.6 is 0 Å². The first-order valence-electron chi connectivity index (χ1n) is 8.89. The Kier molecular flexibility index (Phi) is 5.60. The van der Waals surface area contributed by atoms with Gasteiger partial charge in [-0.1, -0.05) is 17.2 Å². The molecule has 3 rings (SSSR count). The smallest absolute Gasteiger partial charge is 0.253 e. The molecule has 26 heavy (non-hydrogen) atoms. The van der Waals surface area contributed by atoms with E-state index in [9.17, 15) is 9.59 Å². The van der Waals surface area contributed by atoms with Crippen LogP contribution in [0.25, 0.3) is 0 Å². The monoisotopic (exact) mass is 356 g/mol. The molecule has 0 saturated carbocycles. The van der Waals surface area contributed by atoms with Gasteiger partial charge in [0.05, 0.1) is 12.5 Å². The van der Waals surface area contributed by atoms with Gasteiger partial charge in [0, 0.05) is 25.2 Å². The summed E-state index contributed by atoms with van der Waals surface area (Å²) in [5.41, 5.74) is 2.84. The van der Waals surface area contributed by atoms with Gasteiger partial charge in [-0.05, 0) is 44.0 Å². The van der Waals surface area contributed by atoms with Gasteiger partial charge in [0.25, 0.3) is 5.91 Å². The van der Waals surface area contributed by atoms with Crippen molar-refractivity contribution in [2.24, 2.45) is 5.92 Å². The standard InChI is InChI=1S/C18H24N6O2/c1-13-8-14(2)10-16(9-13)18(26)23-6-3-4-15(11-23)17(25)19-5-7-24-21-12-20-22-24/h8-10,12,15H,3-7,11H2,1-2H3,(H,19,25). The molecular formula is C18H24N6O2. The lowest BCUT2D eigenvalue weighted by molar-refractivity contribution is -0.126. The lowest BCUT2D eigenvalue weighted by Crippen LogP contribution is -2.46. The lowest BCUT2D eigenvalue weighted by atomic mass is 9.96. The summed E-state index contributed by atoms with van der Waals surface area (Å²) in [6.07, 6.45) is 2.99. The number of nitrogens with zero attached hydrogens (tertiary/aromatic N) is 5. The number of aryl methyl sites for hydroxylation is 2. The van der Waals surface area contributed by atoms with Crippen molar-refractivity contribution in [3.8, 4) is 0 Å². The van der Waals surface area contributed by atoms with E-state index in [1.807, 2.05) is 32.0 Å². The molecule has 1 aromatic carbocycles. The molecule has 2 amide bonds. The van der Waals surface area contributed by atoms with Crippen LogP contribution < -0.4 is 5.32 Å². The van der Waals surface area contributed by atoms with Crippen molar-refractivity contribution in [1.29, 1.82) is 0 Å². The molecule has 2 aromatic rings. The Balaban J connectivity index is 1.56. The number of rotatable bonds is 5. The number of likely N-dealkylation sites (tertiary alicyclic amines) is 1. The number of piperidine rings is 1. The molecule has 8 heteroatoms. The van der Waals surface area contributed by atoms with Crippen LogP contribution in [0.1, 0.15) is 34.3 Å². The van der Waals surface area contributed by atoms with Crippen LogP contribution in [0, 0.1) is 19.8 Å². The highest BCUT2D eigenvalue weighted by molar-refractivity contribution is 5.95. The maximum Gasteiger partial charge on any atom is 0.253 e. The number of benzene rings is 1. The first-order chi connectivity index (χ1) is 12.5. The molecule has 0 spiro atoms. The van der Waals surface area contributed by atoms with Crippen molar-refractivity contribution in [3.63, 3.8) is 0 Å². The van der Waals surface area contributed by atoms with Gasteiger partial charge in [-0.25, -0.2) is 0 Å². The van der Waals surface area contributed by atoms with E-state index in [-0.39, 0.29) is 17.7 Å². The molecule has 1 fully saturated rings. The largest absolute Gasteiger partial charge is 0.354 e. The fourth-order valence-corrected chi connectivity index (χ4v) is 3.37. The minimum atomic E-state index is -0.178. The quantitative estimate of drug-likeness (QED) is 0.861. The van der Waals surface area contributed by atoms with Gasteiger partial charge in [0.2, 0.25) is 5.91 Å². The molecule has 0 radical (unpaired) electrons. The number of aromatic nitrogens is 4. The summed E-state index contributed by atoms with van der Waals surface area (Å²) in [5, 5.41) is 14.2. The summed E-state index contributed by atoms with van der Waals surface area (Å²) < 4.78 is 0. The van der Waals surface area contributed by atoms with E-state index in [0.717, 1.165) is 24.0 Å². The van der Waals surface area contributed by atoms with Gasteiger partial charge in [-0.3, -0.25) is 9.59 Å². The van der Waals surface area contributed by atoms with Crippen molar-refractivity contribution < 1.29 is 9.59 Å². The minimum absolute atomic E-state index is 0.00103. The van der Waals surface area contributed by atoms with Gasteiger partial charge < -0.3 is 10.2 Å². The zero-order chi connectivity index (χ0) is 18.5. The van der Waals surface area contributed by atoms with Gasteiger partial charge in [-0.15, -0.1) is 10.2 Å². The SMILES string of the molecule is Cc1cc(C)cc(C(=O)N2CCCC(C(=O)NCCn3ncnn3)C2)c1. The second-order valence-corrected chi connectivity index (χ2v) is 6.79. The third-order valence-corrected chi connectivity index (χ3v) is 4.55. The van der Waals surface area contributed by atoms with E-state index in [4.69, 9.17) is 0 Å². The van der Waals surface area contributed by atoms with Crippen LogP contribution in [-0.4, -0.2) is 56.6 Å². The van der Waals surface area contributed by atoms with Gasteiger partial charge in [0.15, 0.2) is 6.33 Å². The van der Waals surface area contributed by atoms with Crippen molar-refractivity contribution >= 4 is 11.8 Å². The van der Waals surface area contributed by atoms with Crippen molar-refractivity contribution in [2.75, 3.05) is 19.6 Å². The highest BCUT2D eigenvalue weighted by Crippen LogP contribution is 2.20. The third kappa shape index (κ3) is 4.44. The first kappa shape index (κ1) is 18.0. The van der Waals surface area contributed by atoms with Gasteiger partial charge in [-0.2, -0.15) is 4.80 Å². The highest BCUT2D eigenvalue weighted by atomic mass is 16.2. The average molecular weight is 356 g/mol. The maximum atomic E-state index is 12.8. The summed E-state index contributed by atoms with van der Waals surface area (Å²) in [6, 6.07) is 5.86. The Morgan fingerprint density at radius 3 is 2.69 bits per heavy atom. The van der Waals surface area contributed by atoms with Crippen molar-refractivity contribution in [1.82, 2.24) is 30.4 Å².